The van der Waals surface area contributed by atoms with Crippen LogP contribution in [0.1, 0.15) is 18.9 Å². The Kier molecular flexibility index (Phi) is 3.33. The second-order valence-corrected chi connectivity index (χ2v) is 2.61. The van der Waals surface area contributed by atoms with Gasteiger partial charge in [-0.2, -0.15) is 0 Å². The number of rotatable bonds is 4. The first-order valence-corrected chi connectivity index (χ1v) is 4.06. The number of hydrogen-bond acceptors (Lipinski definition) is 2. The zero-order chi connectivity index (χ0) is 8.81. The highest BCUT2D eigenvalue weighted by molar-refractivity contribution is 5.45. The molecule has 2 heteroatoms. The Labute approximate surface area is 72.2 Å². The fraction of sp³-hybridized carbons (Fsp3) is 0.300. The van der Waals surface area contributed by atoms with Crippen molar-refractivity contribution in [2.24, 2.45) is 0 Å². The van der Waals surface area contributed by atoms with E-state index in [0.717, 1.165) is 12.8 Å². The molecule has 0 radical (unpaired) electrons. The molecule has 0 N–H and O–H groups in total. The lowest BCUT2D eigenvalue weighted by atomic mass is 10.1. The third-order valence-corrected chi connectivity index (χ3v) is 1.62. The fourth-order valence-corrected chi connectivity index (χ4v) is 1.12. The van der Waals surface area contributed by atoms with E-state index in [4.69, 9.17) is 4.74 Å². The molecule has 0 saturated heterocycles. The SMILES string of the molecule is CCCc1cccc(OC=O)c1. The number of aryl methyl sites for hydroxylation is 1. The average molecular weight is 164 g/mol. The van der Waals surface area contributed by atoms with E-state index in [1.165, 1.54) is 5.56 Å². The van der Waals surface area contributed by atoms with Crippen LogP contribution < -0.4 is 4.74 Å². The highest BCUT2D eigenvalue weighted by Crippen LogP contribution is 2.13. The van der Waals surface area contributed by atoms with Gasteiger partial charge in [-0.3, -0.25) is 4.79 Å². The molecule has 0 aliphatic rings. The monoisotopic (exact) mass is 164 g/mol. The van der Waals surface area contributed by atoms with Gasteiger partial charge in [0, 0.05) is 0 Å². The Balaban J connectivity index is 2.73. The largest absolute Gasteiger partial charge is 0.429 e. The molecule has 0 saturated carbocycles. The summed E-state index contributed by atoms with van der Waals surface area (Å²) >= 11 is 0. The number of benzene rings is 1. The third kappa shape index (κ3) is 2.38. The van der Waals surface area contributed by atoms with Crippen molar-refractivity contribution in [3.8, 4) is 5.75 Å². The summed E-state index contributed by atoms with van der Waals surface area (Å²) in [6.07, 6.45) is 2.13. The van der Waals surface area contributed by atoms with E-state index in [0.29, 0.717) is 12.2 Å². The molecular weight excluding hydrogens is 152 g/mol. The summed E-state index contributed by atoms with van der Waals surface area (Å²) in [7, 11) is 0. The van der Waals surface area contributed by atoms with E-state index in [2.05, 4.69) is 6.92 Å². The van der Waals surface area contributed by atoms with E-state index >= 15 is 0 Å². The maximum absolute atomic E-state index is 10.0. The minimum absolute atomic E-state index is 0.449. The minimum atomic E-state index is 0.449. The molecule has 0 atom stereocenters. The van der Waals surface area contributed by atoms with Crippen LogP contribution in [0, 0.1) is 0 Å². The van der Waals surface area contributed by atoms with Crippen molar-refractivity contribution in [1.82, 2.24) is 0 Å². The normalized spacial score (nSPS) is 9.42. The van der Waals surface area contributed by atoms with Crippen molar-refractivity contribution in [2.75, 3.05) is 0 Å². The molecule has 64 valence electrons. The lowest BCUT2D eigenvalue weighted by Crippen LogP contribution is -1.89. The number of hydrogen-bond donors (Lipinski definition) is 0. The molecule has 12 heavy (non-hydrogen) atoms. The van der Waals surface area contributed by atoms with Crippen LogP contribution in [0.5, 0.6) is 5.75 Å². The second-order valence-electron chi connectivity index (χ2n) is 2.61. The van der Waals surface area contributed by atoms with Crippen molar-refractivity contribution in [2.45, 2.75) is 19.8 Å². The molecule has 0 aromatic heterocycles. The van der Waals surface area contributed by atoms with Gasteiger partial charge in [0.25, 0.3) is 6.47 Å². The Hall–Kier alpha value is -1.31. The van der Waals surface area contributed by atoms with E-state index in [-0.39, 0.29) is 0 Å². The van der Waals surface area contributed by atoms with Crippen LogP contribution in [0.25, 0.3) is 0 Å². The van der Waals surface area contributed by atoms with Gasteiger partial charge in [0.15, 0.2) is 0 Å². The summed E-state index contributed by atoms with van der Waals surface area (Å²) in [5.41, 5.74) is 1.21. The van der Waals surface area contributed by atoms with Crippen molar-refractivity contribution in [1.29, 1.82) is 0 Å². The summed E-state index contributed by atoms with van der Waals surface area (Å²) in [6.45, 7) is 2.57. The van der Waals surface area contributed by atoms with Crippen LogP contribution >= 0.6 is 0 Å². The third-order valence-electron chi connectivity index (χ3n) is 1.62. The van der Waals surface area contributed by atoms with Crippen LogP contribution in [0.15, 0.2) is 24.3 Å². The highest BCUT2D eigenvalue weighted by atomic mass is 16.5. The Morgan fingerprint density at radius 2 is 2.33 bits per heavy atom. The Bertz CT molecular complexity index is 256. The first-order valence-electron chi connectivity index (χ1n) is 4.06. The summed E-state index contributed by atoms with van der Waals surface area (Å²) in [5, 5.41) is 0. The molecule has 0 aliphatic carbocycles. The van der Waals surface area contributed by atoms with Crippen molar-refractivity contribution in [3.05, 3.63) is 29.8 Å². The van der Waals surface area contributed by atoms with Gasteiger partial charge in [0.1, 0.15) is 5.75 Å². The van der Waals surface area contributed by atoms with Gasteiger partial charge in [-0.05, 0) is 24.1 Å². The smallest absolute Gasteiger partial charge is 0.298 e. The standard InChI is InChI=1S/C10H12O2/c1-2-4-9-5-3-6-10(7-9)12-8-11/h3,5-8H,2,4H2,1H3. The molecular formula is C10H12O2. The van der Waals surface area contributed by atoms with Gasteiger partial charge in [0.05, 0.1) is 0 Å². The van der Waals surface area contributed by atoms with E-state index < -0.39 is 0 Å². The number of carbonyl (C=O) groups excluding carboxylic acids is 1. The first kappa shape index (κ1) is 8.78. The quantitative estimate of drug-likeness (QED) is 0.637. The predicted octanol–water partition coefficient (Wildman–Crippen LogP) is 2.17. The Morgan fingerprint density at radius 3 is 3.00 bits per heavy atom. The van der Waals surface area contributed by atoms with Crippen LogP contribution in [0.3, 0.4) is 0 Å². The van der Waals surface area contributed by atoms with Crippen LogP contribution in [-0.2, 0) is 11.2 Å². The van der Waals surface area contributed by atoms with Gasteiger partial charge in [-0.25, -0.2) is 0 Å². The minimum Gasteiger partial charge on any atom is -0.429 e. The van der Waals surface area contributed by atoms with Gasteiger partial charge < -0.3 is 4.74 Å². The van der Waals surface area contributed by atoms with Crippen molar-refractivity contribution < 1.29 is 9.53 Å². The van der Waals surface area contributed by atoms with Gasteiger partial charge in [-0.15, -0.1) is 0 Å². The first-order chi connectivity index (χ1) is 5.86. The molecule has 0 fully saturated rings. The zero-order valence-electron chi connectivity index (χ0n) is 7.12. The molecule has 0 unspecified atom stereocenters. The lowest BCUT2D eigenvalue weighted by Gasteiger charge is -2.00. The highest BCUT2D eigenvalue weighted by Gasteiger charge is 1.94. The molecule has 0 spiro atoms. The molecule has 1 rings (SSSR count). The second kappa shape index (κ2) is 4.54. The van der Waals surface area contributed by atoms with Gasteiger partial charge >= 0.3 is 0 Å². The Morgan fingerprint density at radius 1 is 1.50 bits per heavy atom. The van der Waals surface area contributed by atoms with E-state index in [1.54, 1.807) is 6.07 Å². The van der Waals surface area contributed by atoms with E-state index in [9.17, 15) is 4.79 Å². The predicted molar refractivity (Wildman–Crippen MR) is 47.1 cm³/mol. The molecule has 1 aromatic carbocycles. The zero-order valence-corrected chi connectivity index (χ0v) is 7.12. The average Bonchev–Trinajstić information content (AvgIpc) is 2.06. The summed E-state index contributed by atoms with van der Waals surface area (Å²) < 4.78 is 4.71. The molecule has 2 nitrogen and oxygen atoms in total. The van der Waals surface area contributed by atoms with Crippen LogP contribution in [-0.4, -0.2) is 6.47 Å². The van der Waals surface area contributed by atoms with E-state index in [1.807, 2.05) is 18.2 Å². The molecule has 1 aromatic rings. The number of ether oxygens (including phenoxy) is 1. The number of carbonyl (C=O) groups is 1. The topological polar surface area (TPSA) is 26.3 Å². The molecule has 0 aliphatic heterocycles. The van der Waals surface area contributed by atoms with Crippen molar-refractivity contribution in [3.63, 3.8) is 0 Å². The fourth-order valence-electron chi connectivity index (χ4n) is 1.12. The molecule has 0 amide bonds. The molecule has 0 bridgehead atoms. The summed E-state index contributed by atoms with van der Waals surface area (Å²) in [6, 6.07) is 7.58. The summed E-state index contributed by atoms with van der Waals surface area (Å²) in [4.78, 5) is 10.0. The van der Waals surface area contributed by atoms with Gasteiger partial charge in [-0.1, -0.05) is 25.5 Å². The maximum atomic E-state index is 10.0. The van der Waals surface area contributed by atoms with Crippen molar-refractivity contribution >= 4 is 6.47 Å². The summed E-state index contributed by atoms with van der Waals surface area (Å²) in [5.74, 6) is 0.621. The van der Waals surface area contributed by atoms with Gasteiger partial charge in [0.2, 0.25) is 0 Å². The maximum Gasteiger partial charge on any atom is 0.298 e. The lowest BCUT2D eigenvalue weighted by molar-refractivity contribution is -0.120. The molecule has 0 heterocycles. The van der Waals surface area contributed by atoms with Crippen LogP contribution in [0.4, 0.5) is 0 Å². The van der Waals surface area contributed by atoms with Crippen LogP contribution in [0.2, 0.25) is 0 Å².